The van der Waals surface area contributed by atoms with Crippen molar-refractivity contribution in [1.29, 1.82) is 0 Å². The molecule has 11 rings (SSSR count). The lowest BCUT2D eigenvalue weighted by Gasteiger charge is -2.54. The van der Waals surface area contributed by atoms with Crippen molar-refractivity contribution in [3.05, 3.63) is 216 Å². The molecule has 252 valence electrons. The van der Waals surface area contributed by atoms with Crippen LogP contribution in [0.5, 0.6) is 0 Å². The van der Waals surface area contributed by atoms with Gasteiger partial charge in [-0.15, -0.1) is 11.8 Å². The van der Waals surface area contributed by atoms with Crippen molar-refractivity contribution in [2.45, 2.75) is 22.0 Å². The second kappa shape index (κ2) is 11.5. The third kappa shape index (κ3) is 4.17. The molecule has 0 saturated carbocycles. The number of benzene rings is 7. The maximum absolute atomic E-state index is 2.57. The second-order valence-electron chi connectivity index (χ2n) is 14.6. The zero-order chi connectivity index (χ0) is 35.1. The highest BCUT2D eigenvalue weighted by Gasteiger charge is 2.61. The molecule has 2 unspecified atom stereocenters. The van der Waals surface area contributed by atoms with Gasteiger partial charge in [0.1, 0.15) is 0 Å². The van der Waals surface area contributed by atoms with Gasteiger partial charge in [-0.2, -0.15) is 0 Å². The van der Waals surface area contributed by atoms with Crippen LogP contribution in [0, 0.1) is 5.92 Å². The molecular weight excluding hydrogens is 661 g/mol. The number of nitrogens with zero attached hydrogens (tertiary/aromatic N) is 2. The van der Waals surface area contributed by atoms with Crippen molar-refractivity contribution >= 4 is 45.8 Å². The number of allylic oxidation sites excluding steroid dienone is 1. The van der Waals surface area contributed by atoms with Crippen LogP contribution in [0.2, 0.25) is 0 Å². The fourth-order valence-corrected chi connectivity index (χ4v) is 11.5. The molecule has 8 aromatic rings. The summed E-state index contributed by atoms with van der Waals surface area (Å²) in [6, 6.07) is 67.0. The van der Waals surface area contributed by atoms with Crippen molar-refractivity contribution < 1.29 is 0 Å². The Balaban J connectivity index is 1.15. The number of hydrogen-bond donors (Lipinski definition) is 0. The highest BCUT2D eigenvalue weighted by Crippen LogP contribution is 2.70. The van der Waals surface area contributed by atoms with E-state index in [0.717, 1.165) is 17.1 Å². The molecule has 0 bridgehead atoms. The monoisotopic (exact) mass is 696 g/mol. The number of hydrogen-bond acceptors (Lipinski definition) is 2. The van der Waals surface area contributed by atoms with E-state index in [1.807, 2.05) is 11.8 Å². The van der Waals surface area contributed by atoms with Crippen molar-refractivity contribution in [2.75, 3.05) is 4.90 Å². The van der Waals surface area contributed by atoms with E-state index in [-0.39, 0.29) is 16.1 Å². The maximum Gasteiger partial charge on any atom is 0.0667 e. The predicted octanol–water partition coefficient (Wildman–Crippen LogP) is 13.1. The number of para-hydroxylation sites is 3. The highest BCUT2D eigenvalue weighted by atomic mass is 32.2. The summed E-state index contributed by atoms with van der Waals surface area (Å²) in [5.41, 5.74) is 15.1. The van der Waals surface area contributed by atoms with Crippen LogP contribution in [0.4, 0.5) is 17.1 Å². The molecule has 53 heavy (non-hydrogen) atoms. The zero-order valence-electron chi connectivity index (χ0n) is 29.4. The molecule has 2 atom stereocenters. The fraction of sp³-hybridized carbons (Fsp3) is 0.0800. The lowest BCUT2D eigenvalue weighted by molar-refractivity contribution is 0.344. The number of fused-ring (bicyclic) bond motifs is 13. The van der Waals surface area contributed by atoms with Crippen molar-refractivity contribution in [3.8, 4) is 16.8 Å². The number of thioether (sulfide) groups is 1. The van der Waals surface area contributed by atoms with Gasteiger partial charge < -0.3 is 9.47 Å². The van der Waals surface area contributed by atoms with Crippen LogP contribution in [-0.4, -0.2) is 4.57 Å². The first-order valence-electron chi connectivity index (χ1n) is 18.5. The molecule has 1 aromatic heterocycles. The molecule has 3 heteroatoms. The average Bonchev–Trinajstić information content (AvgIpc) is 3.71. The van der Waals surface area contributed by atoms with Gasteiger partial charge in [0.25, 0.3) is 0 Å². The Morgan fingerprint density at radius 3 is 1.72 bits per heavy atom. The minimum atomic E-state index is -0.338. The van der Waals surface area contributed by atoms with Crippen LogP contribution >= 0.6 is 11.8 Å². The summed E-state index contributed by atoms with van der Waals surface area (Å²) in [6.45, 7) is 2.52. The summed E-state index contributed by atoms with van der Waals surface area (Å²) < 4.78 is 2.27. The minimum absolute atomic E-state index is 0.154. The van der Waals surface area contributed by atoms with Gasteiger partial charge in [-0.1, -0.05) is 133 Å². The van der Waals surface area contributed by atoms with Gasteiger partial charge in [-0.05, 0) is 95.4 Å². The van der Waals surface area contributed by atoms with Crippen LogP contribution in [-0.2, 0) is 10.2 Å². The fourth-order valence-electron chi connectivity index (χ4n) is 9.91. The van der Waals surface area contributed by atoms with E-state index in [9.17, 15) is 0 Å². The van der Waals surface area contributed by atoms with Gasteiger partial charge in [0.2, 0.25) is 0 Å². The summed E-state index contributed by atoms with van der Waals surface area (Å²) in [4.78, 5) is 3.69. The third-order valence-corrected chi connectivity index (χ3v) is 13.4. The van der Waals surface area contributed by atoms with Gasteiger partial charge in [-0.25, -0.2) is 0 Å². The van der Waals surface area contributed by atoms with Gasteiger partial charge in [0.15, 0.2) is 0 Å². The maximum atomic E-state index is 2.57. The Hall–Kier alpha value is -6.03. The van der Waals surface area contributed by atoms with Crippen LogP contribution in [0.3, 0.4) is 0 Å². The van der Waals surface area contributed by atoms with E-state index in [1.165, 1.54) is 60.6 Å². The number of rotatable bonds is 4. The first kappa shape index (κ1) is 30.6. The molecule has 2 nitrogen and oxygen atoms in total. The van der Waals surface area contributed by atoms with Crippen molar-refractivity contribution in [3.63, 3.8) is 0 Å². The van der Waals surface area contributed by atoms with E-state index >= 15 is 0 Å². The summed E-state index contributed by atoms with van der Waals surface area (Å²) in [7, 11) is 0. The van der Waals surface area contributed by atoms with Crippen molar-refractivity contribution in [2.24, 2.45) is 5.92 Å². The van der Waals surface area contributed by atoms with Crippen LogP contribution in [0.1, 0.15) is 34.9 Å². The largest absolute Gasteiger partial charge is 0.312 e. The molecule has 1 spiro atoms. The predicted molar refractivity (Wildman–Crippen MR) is 222 cm³/mol. The van der Waals surface area contributed by atoms with Crippen LogP contribution in [0.15, 0.2) is 193 Å². The molecule has 7 aromatic carbocycles. The summed E-state index contributed by atoms with van der Waals surface area (Å²) >= 11 is 2.04. The molecular formula is C50H36N2S. The average molecular weight is 697 g/mol. The standard InChI is InChI=1S/C50H36N2S/c1-49-47(50(44-25-13-15-27-46(44)53-49)42-23-11-8-20-38(42)39-21-9-12-24-43(39)50)33-32-41-40-22-10-14-26-45(40)52(48(41)49)37-30-28-36(29-31-37)51(34-16-4-2-5-17-34)35-18-6-3-7-19-35/h2-33,47H,1H3. The third-order valence-electron chi connectivity index (χ3n) is 11.9. The molecule has 2 heterocycles. The minimum Gasteiger partial charge on any atom is -0.312 e. The highest BCUT2D eigenvalue weighted by molar-refractivity contribution is 8.00. The Bertz CT molecular complexity index is 2640. The molecule has 2 aliphatic carbocycles. The summed E-state index contributed by atoms with van der Waals surface area (Å²) in [6.07, 6.45) is 5.00. The summed E-state index contributed by atoms with van der Waals surface area (Å²) in [5.74, 6) is 0.154. The Labute approximate surface area is 314 Å². The van der Waals surface area contributed by atoms with Gasteiger partial charge >= 0.3 is 0 Å². The lowest BCUT2D eigenvalue weighted by Crippen LogP contribution is -2.50. The molecule has 3 aliphatic rings. The molecule has 0 N–H and O–H groups in total. The van der Waals surface area contributed by atoms with Crippen molar-refractivity contribution in [1.82, 2.24) is 4.57 Å². The normalized spacial score (nSPS) is 18.5. The number of aromatic nitrogens is 1. The molecule has 1 aliphatic heterocycles. The molecule has 0 fully saturated rings. The first-order chi connectivity index (χ1) is 26.2. The van der Waals surface area contributed by atoms with E-state index in [4.69, 9.17) is 0 Å². The van der Waals surface area contributed by atoms with E-state index < -0.39 is 0 Å². The van der Waals surface area contributed by atoms with Crippen LogP contribution in [0.25, 0.3) is 33.8 Å². The second-order valence-corrected chi connectivity index (χ2v) is 16.1. The van der Waals surface area contributed by atoms with Gasteiger partial charge in [0.05, 0.1) is 15.7 Å². The SMILES string of the molecule is CC12Sc3ccccc3C3(c4ccccc4-c4ccccc43)C1C=Cc1c2n(-c2ccc(N(c3ccccc3)c3ccccc3)cc2)c2ccccc12. The van der Waals surface area contributed by atoms with Gasteiger partial charge in [0, 0.05) is 50.2 Å². The van der Waals surface area contributed by atoms with E-state index in [2.05, 4.69) is 211 Å². The van der Waals surface area contributed by atoms with Crippen LogP contribution < -0.4 is 4.90 Å². The Kier molecular flexibility index (Phi) is 6.63. The lowest BCUT2D eigenvalue weighted by atomic mass is 9.58. The molecule has 0 radical (unpaired) electrons. The van der Waals surface area contributed by atoms with Gasteiger partial charge in [-0.3, -0.25) is 0 Å². The topological polar surface area (TPSA) is 8.17 Å². The quantitative estimate of drug-likeness (QED) is 0.181. The zero-order valence-corrected chi connectivity index (χ0v) is 30.2. The smallest absolute Gasteiger partial charge is 0.0667 e. The number of anilines is 3. The molecule has 0 amide bonds. The Morgan fingerprint density at radius 1 is 0.528 bits per heavy atom. The first-order valence-corrected chi connectivity index (χ1v) is 19.3. The molecule has 0 saturated heterocycles. The van der Waals surface area contributed by atoms with E-state index in [0.29, 0.717) is 0 Å². The summed E-state index contributed by atoms with van der Waals surface area (Å²) in [5, 5.41) is 1.29. The Morgan fingerprint density at radius 2 is 1.06 bits per heavy atom. The van der Waals surface area contributed by atoms with E-state index in [1.54, 1.807) is 0 Å².